The lowest BCUT2D eigenvalue weighted by Crippen LogP contribution is -2.38. The molecule has 3 aromatic rings. The van der Waals surface area contributed by atoms with Crippen molar-refractivity contribution in [3.63, 3.8) is 0 Å². The Hall–Kier alpha value is -3.28. The Morgan fingerprint density at radius 1 is 1.14 bits per heavy atom. The molecule has 2 amide bonds. The normalized spacial score (nSPS) is 13.2. The number of aryl methyl sites for hydroxylation is 1. The molecule has 6 nitrogen and oxygen atoms in total. The van der Waals surface area contributed by atoms with E-state index >= 15 is 0 Å². The van der Waals surface area contributed by atoms with E-state index in [9.17, 15) is 4.79 Å². The lowest BCUT2D eigenvalue weighted by molar-refractivity contribution is 0.247. The lowest BCUT2D eigenvalue weighted by atomic mass is 10.1. The number of urea groups is 1. The van der Waals surface area contributed by atoms with Crippen molar-refractivity contribution in [1.82, 2.24) is 10.3 Å². The maximum absolute atomic E-state index is 12.2. The van der Waals surface area contributed by atoms with Crippen LogP contribution in [0.4, 0.5) is 10.5 Å². The van der Waals surface area contributed by atoms with Crippen molar-refractivity contribution in [3.8, 4) is 17.2 Å². The molecule has 1 heterocycles. The number of hydrogen-bond donors (Lipinski definition) is 1. The molecule has 1 fully saturated rings. The summed E-state index contributed by atoms with van der Waals surface area (Å²) >= 11 is 0. The van der Waals surface area contributed by atoms with E-state index in [1.54, 1.807) is 25.3 Å². The Bertz CT molecular complexity index is 1010. The molecule has 0 spiro atoms. The van der Waals surface area contributed by atoms with Gasteiger partial charge < -0.3 is 14.8 Å². The molecule has 0 atom stereocenters. The third-order valence-electron chi connectivity index (χ3n) is 4.88. The second-order valence-corrected chi connectivity index (χ2v) is 7.03. The zero-order valence-electron chi connectivity index (χ0n) is 16.2. The number of carbonyl (C=O) groups is 1. The first-order valence-corrected chi connectivity index (χ1v) is 9.30. The molecule has 4 rings (SSSR count). The van der Waals surface area contributed by atoms with Crippen LogP contribution in [0.1, 0.15) is 18.4 Å². The number of benzene rings is 2. The summed E-state index contributed by atoms with van der Waals surface area (Å²) in [5.41, 5.74) is 2.64. The minimum Gasteiger partial charge on any atom is -0.496 e. The number of anilines is 1. The van der Waals surface area contributed by atoms with E-state index in [1.807, 2.05) is 49.4 Å². The van der Waals surface area contributed by atoms with Crippen LogP contribution < -0.4 is 19.7 Å². The highest BCUT2D eigenvalue weighted by Crippen LogP contribution is 2.33. The van der Waals surface area contributed by atoms with E-state index in [2.05, 4.69) is 10.3 Å². The van der Waals surface area contributed by atoms with E-state index in [-0.39, 0.29) is 6.03 Å². The molecule has 0 aliphatic heterocycles. The largest absolute Gasteiger partial charge is 0.496 e. The Balaban J connectivity index is 1.54. The number of hydrogen-bond acceptors (Lipinski definition) is 4. The average molecular weight is 377 g/mol. The number of aromatic nitrogens is 1. The number of nitrogens with zero attached hydrogens (tertiary/aromatic N) is 2. The predicted octanol–water partition coefficient (Wildman–Crippen LogP) is 4.65. The number of rotatable bonds is 5. The average Bonchev–Trinajstić information content (AvgIpc) is 3.52. The van der Waals surface area contributed by atoms with Crippen LogP contribution in [0.25, 0.3) is 10.9 Å². The molecule has 0 saturated heterocycles. The fraction of sp³-hybridized carbons (Fsp3) is 0.273. The van der Waals surface area contributed by atoms with Crippen LogP contribution in [-0.2, 0) is 0 Å². The van der Waals surface area contributed by atoms with E-state index in [0.29, 0.717) is 11.8 Å². The van der Waals surface area contributed by atoms with Gasteiger partial charge in [-0.05, 0) is 61.7 Å². The molecular weight excluding hydrogens is 354 g/mol. The highest BCUT2D eigenvalue weighted by molar-refractivity contribution is 5.92. The molecule has 0 radical (unpaired) electrons. The van der Waals surface area contributed by atoms with Gasteiger partial charge in [-0.15, -0.1) is 0 Å². The zero-order chi connectivity index (χ0) is 19.7. The SMILES string of the molecule is COc1cc2nccc(Oc3ccc(N(C)C(=O)NC4CC4)cc3)c2cc1C. The molecule has 6 heteroatoms. The monoisotopic (exact) mass is 377 g/mol. The summed E-state index contributed by atoms with van der Waals surface area (Å²) in [7, 11) is 3.41. The number of amides is 2. The third kappa shape index (κ3) is 3.71. The molecule has 0 unspecified atom stereocenters. The molecule has 144 valence electrons. The van der Waals surface area contributed by atoms with Gasteiger partial charge in [0.05, 0.1) is 12.6 Å². The van der Waals surface area contributed by atoms with Crippen molar-refractivity contribution in [2.75, 3.05) is 19.1 Å². The summed E-state index contributed by atoms with van der Waals surface area (Å²) in [6.07, 6.45) is 3.85. The number of ether oxygens (including phenoxy) is 2. The first-order chi connectivity index (χ1) is 13.5. The van der Waals surface area contributed by atoms with Gasteiger partial charge >= 0.3 is 6.03 Å². The van der Waals surface area contributed by atoms with Crippen molar-refractivity contribution in [3.05, 3.63) is 54.2 Å². The first-order valence-electron chi connectivity index (χ1n) is 9.30. The van der Waals surface area contributed by atoms with Crippen LogP contribution in [0.3, 0.4) is 0 Å². The number of carbonyl (C=O) groups excluding carboxylic acids is 1. The second kappa shape index (κ2) is 7.38. The molecule has 1 aliphatic carbocycles. The Labute approximate surface area is 164 Å². The maximum Gasteiger partial charge on any atom is 0.321 e. The van der Waals surface area contributed by atoms with Crippen LogP contribution in [0.5, 0.6) is 17.2 Å². The minimum atomic E-state index is -0.0827. The van der Waals surface area contributed by atoms with Gasteiger partial charge in [0.1, 0.15) is 17.2 Å². The number of pyridine rings is 1. The summed E-state index contributed by atoms with van der Waals surface area (Å²) in [5.74, 6) is 2.22. The van der Waals surface area contributed by atoms with Gasteiger partial charge in [-0.1, -0.05) is 0 Å². The summed E-state index contributed by atoms with van der Waals surface area (Å²) in [6, 6.07) is 13.5. The summed E-state index contributed by atoms with van der Waals surface area (Å²) in [6.45, 7) is 1.99. The van der Waals surface area contributed by atoms with Crippen molar-refractivity contribution >= 4 is 22.6 Å². The fourth-order valence-electron chi connectivity index (χ4n) is 3.05. The van der Waals surface area contributed by atoms with Crippen molar-refractivity contribution < 1.29 is 14.3 Å². The van der Waals surface area contributed by atoms with Gasteiger partial charge in [0.2, 0.25) is 0 Å². The van der Waals surface area contributed by atoms with E-state index in [1.165, 1.54) is 0 Å². The van der Waals surface area contributed by atoms with Crippen molar-refractivity contribution in [2.24, 2.45) is 0 Å². The Morgan fingerprint density at radius 2 is 1.89 bits per heavy atom. The molecule has 28 heavy (non-hydrogen) atoms. The first kappa shape index (κ1) is 18.1. The molecule has 1 aromatic heterocycles. The van der Waals surface area contributed by atoms with Crippen molar-refractivity contribution in [2.45, 2.75) is 25.8 Å². The summed E-state index contributed by atoms with van der Waals surface area (Å²) < 4.78 is 11.5. The summed E-state index contributed by atoms with van der Waals surface area (Å²) in [5, 5.41) is 3.90. The molecule has 2 aromatic carbocycles. The number of fused-ring (bicyclic) bond motifs is 1. The zero-order valence-corrected chi connectivity index (χ0v) is 16.2. The van der Waals surface area contributed by atoms with Crippen LogP contribution >= 0.6 is 0 Å². The van der Waals surface area contributed by atoms with Gasteiger partial charge in [0, 0.05) is 36.4 Å². The maximum atomic E-state index is 12.2. The van der Waals surface area contributed by atoms with E-state index in [0.717, 1.165) is 46.5 Å². The standard InChI is InChI=1S/C22H23N3O3/c1-14-12-18-19(13-21(14)27-3)23-11-10-20(18)28-17-8-6-16(7-9-17)25(2)22(26)24-15-4-5-15/h6-13,15H,4-5H2,1-3H3,(H,24,26). The fourth-order valence-corrected chi connectivity index (χ4v) is 3.05. The predicted molar refractivity (Wildman–Crippen MR) is 110 cm³/mol. The lowest BCUT2D eigenvalue weighted by Gasteiger charge is -2.18. The van der Waals surface area contributed by atoms with Gasteiger partial charge in [-0.3, -0.25) is 9.88 Å². The molecular formula is C22H23N3O3. The van der Waals surface area contributed by atoms with Crippen LogP contribution in [0, 0.1) is 6.92 Å². The van der Waals surface area contributed by atoms with Gasteiger partial charge in [-0.25, -0.2) is 4.79 Å². The van der Waals surface area contributed by atoms with Crippen LogP contribution in [0.2, 0.25) is 0 Å². The Morgan fingerprint density at radius 3 is 2.57 bits per heavy atom. The van der Waals surface area contributed by atoms with Gasteiger partial charge in [0.25, 0.3) is 0 Å². The highest BCUT2D eigenvalue weighted by Gasteiger charge is 2.25. The van der Waals surface area contributed by atoms with Crippen molar-refractivity contribution in [1.29, 1.82) is 0 Å². The molecule has 1 aliphatic rings. The highest BCUT2D eigenvalue weighted by atomic mass is 16.5. The molecule has 1 N–H and O–H groups in total. The smallest absolute Gasteiger partial charge is 0.321 e. The quantitative estimate of drug-likeness (QED) is 0.703. The number of methoxy groups -OCH3 is 1. The van der Waals surface area contributed by atoms with Gasteiger partial charge in [0.15, 0.2) is 0 Å². The molecule has 1 saturated carbocycles. The van der Waals surface area contributed by atoms with Crippen LogP contribution in [-0.4, -0.2) is 31.2 Å². The minimum absolute atomic E-state index is 0.0827. The van der Waals surface area contributed by atoms with E-state index in [4.69, 9.17) is 9.47 Å². The Kier molecular flexibility index (Phi) is 4.77. The topological polar surface area (TPSA) is 63.7 Å². The molecule has 0 bridgehead atoms. The third-order valence-corrected chi connectivity index (χ3v) is 4.88. The van der Waals surface area contributed by atoms with E-state index < -0.39 is 0 Å². The van der Waals surface area contributed by atoms with Gasteiger partial charge in [-0.2, -0.15) is 0 Å². The van der Waals surface area contributed by atoms with Crippen LogP contribution in [0.15, 0.2) is 48.7 Å². The summed E-state index contributed by atoms with van der Waals surface area (Å²) in [4.78, 5) is 18.2. The second-order valence-electron chi connectivity index (χ2n) is 7.03. The number of nitrogens with one attached hydrogen (secondary N) is 1.